The molecule has 1 aliphatic heterocycles. The summed E-state index contributed by atoms with van der Waals surface area (Å²) in [6.45, 7) is 9.45. The standard InChI is InChI=1S/C20H25BrN2O3/c1-13-4-6-16(7-5-13)17(23-8-10-25-11-9-23)12-22-20(24)18-14(2)26-15(3)19(18)21/h4-7,17H,8-12H2,1-3H3,(H,22,24). The van der Waals surface area contributed by atoms with E-state index in [4.69, 9.17) is 9.15 Å². The molecule has 0 bridgehead atoms. The van der Waals surface area contributed by atoms with Crippen LogP contribution in [0.2, 0.25) is 0 Å². The Balaban J connectivity index is 1.77. The summed E-state index contributed by atoms with van der Waals surface area (Å²) < 4.78 is 11.8. The van der Waals surface area contributed by atoms with Crippen molar-refractivity contribution < 1.29 is 13.9 Å². The molecule has 1 aliphatic rings. The molecule has 0 aliphatic carbocycles. The first-order valence-corrected chi connectivity index (χ1v) is 9.68. The van der Waals surface area contributed by atoms with Crippen molar-refractivity contribution in [2.24, 2.45) is 0 Å². The predicted octanol–water partition coefficient (Wildman–Crippen LogP) is 3.77. The molecule has 6 heteroatoms. The molecule has 26 heavy (non-hydrogen) atoms. The molecule has 1 amide bonds. The highest BCUT2D eigenvalue weighted by molar-refractivity contribution is 9.10. The fourth-order valence-corrected chi connectivity index (χ4v) is 3.87. The van der Waals surface area contributed by atoms with E-state index < -0.39 is 0 Å². The highest BCUT2D eigenvalue weighted by atomic mass is 79.9. The van der Waals surface area contributed by atoms with E-state index in [-0.39, 0.29) is 11.9 Å². The van der Waals surface area contributed by atoms with Crippen molar-refractivity contribution in [3.05, 3.63) is 56.9 Å². The average molecular weight is 421 g/mol. The van der Waals surface area contributed by atoms with Gasteiger partial charge in [0.15, 0.2) is 0 Å². The maximum atomic E-state index is 12.7. The number of ether oxygens (including phenoxy) is 1. The lowest BCUT2D eigenvalue weighted by Gasteiger charge is -2.35. The highest BCUT2D eigenvalue weighted by Crippen LogP contribution is 2.28. The van der Waals surface area contributed by atoms with Gasteiger partial charge in [-0.1, -0.05) is 29.8 Å². The fourth-order valence-electron chi connectivity index (χ4n) is 3.33. The van der Waals surface area contributed by atoms with E-state index in [9.17, 15) is 4.79 Å². The van der Waals surface area contributed by atoms with E-state index in [1.54, 1.807) is 0 Å². The third-order valence-corrected chi connectivity index (χ3v) is 5.77. The van der Waals surface area contributed by atoms with Crippen molar-refractivity contribution in [1.29, 1.82) is 0 Å². The van der Waals surface area contributed by atoms with Crippen LogP contribution in [0, 0.1) is 20.8 Å². The van der Waals surface area contributed by atoms with Crippen molar-refractivity contribution in [3.8, 4) is 0 Å². The Morgan fingerprint density at radius 1 is 1.15 bits per heavy atom. The van der Waals surface area contributed by atoms with Crippen LogP contribution in [0.3, 0.4) is 0 Å². The summed E-state index contributed by atoms with van der Waals surface area (Å²) in [4.78, 5) is 15.1. The number of carbonyl (C=O) groups excluding carboxylic acids is 1. The van der Waals surface area contributed by atoms with Crippen LogP contribution >= 0.6 is 15.9 Å². The normalized spacial score (nSPS) is 16.5. The minimum atomic E-state index is -0.114. The molecule has 2 heterocycles. The summed E-state index contributed by atoms with van der Waals surface area (Å²) in [7, 11) is 0. The molecule has 1 aromatic heterocycles. The van der Waals surface area contributed by atoms with Gasteiger partial charge in [0.1, 0.15) is 11.5 Å². The van der Waals surface area contributed by atoms with Gasteiger partial charge in [-0.25, -0.2) is 0 Å². The molecule has 1 atom stereocenters. The molecule has 140 valence electrons. The van der Waals surface area contributed by atoms with Crippen molar-refractivity contribution in [2.75, 3.05) is 32.8 Å². The molecule has 0 radical (unpaired) electrons. The van der Waals surface area contributed by atoms with Crippen molar-refractivity contribution in [1.82, 2.24) is 10.2 Å². The zero-order valence-corrected chi connectivity index (χ0v) is 17.1. The van der Waals surface area contributed by atoms with Crippen LogP contribution in [0.5, 0.6) is 0 Å². The fraction of sp³-hybridized carbons (Fsp3) is 0.450. The monoisotopic (exact) mass is 420 g/mol. The van der Waals surface area contributed by atoms with Crippen LogP contribution in [-0.4, -0.2) is 43.7 Å². The maximum absolute atomic E-state index is 12.7. The van der Waals surface area contributed by atoms with E-state index in [0.29, 0.717) is 17.9 Å². The Hall–Kier alpha value is -1.63. The number of hydrogen-bond acceptors (Lipinski definition) is 4. The van der Waals surface area contributed by atoms with Gasteiger partial charge in [0.25, 0.3) is 5.91 Å². The third-order valence-electron chi connectivity index (χ3n) is 4.82. The number of carbonyl (C=O) groups is 1. The second-order valence-corrected chi connectivity index (χ2v) is 7.48. The lowest BCUT2D eigenvalue weighted by atomic mass is 10.0. The van der Waals surface area contributed by atoms with E-state index in [2.05, 4.69) is 57.3 Å². The SMILES string of the molecule is Cc1ccc(C(CNC(=O)c2c(C)oc(C)c2Br)N2CCOCC2)cc1. The number of morpholine rings is 1. The molecule has 0 saturated carbocycles. The minimum absolute atomic E-state index is 0.114. The smallest absolute Gasteiger partial charge is 0.256 e. The minimum Gasteiger partial charge on any atom is -0.465 e. The third kappa shape index (κ3) is 4.19. The molecule has 1 fully saturated rings. The number of benzene rings is 1. The Morgan fingerprint density at radius 2 is 1.81 bits per heavy atom. The van der Waals surface area contributed by atoms with Crippen LogP contribution in [-0.2, 0) is 4.74 Å². The molecule has 1 aromatic carbocycles. The molecule has 3 rings (SSSR count). The van der Waals surface area contributed by atoms with Gasteiger partial charge in [0, 0.05) is 19.6 Å². The molecule has 1 saturated heterocycles. The van der Waals surface area contributed by atoms with Crippen LogP contribution in [0.15, 0.2) is 33.2 Å². The van der Waals surface area contributed by atoms with Gasteiger partial charge in [-0.3, -0.25) is 9.69 Å². The van der Waals surface area contributed by atoms with Gasteiger partial charge in [-0.15, -0.1) is 0 Å². The van der Waals surface area contributed by atoms with E-state index >= 15 is 0 Å². The quantitative estimate of drug-likeness (QED) is 0.799. The summed E-state index contributed by atoms with van der Waals surface area (Å²) in [5, 5.41) is 3.09. The zero-order valence-electron chi connectivity index (χ0n) is 15.5. The number of hydrogen-bond donors (Lipinski definition) is 1. The first-order valence-electron chi connectivity index (χ1n) is 8.89. The number of nitrogens with one attached hydrogen (secondary N) is 1. The number of furan rings is 1. The first-order chi connectivity index (χ1) is 12.5. The van der Waals surface area contributed by atoms with Gasteiger partial charge < -0.3 is 14.5 Å². The Morgan fingerprint density at radius 3 is 2.38 bits per heavy atom. The topological polar surface area (TPSA) is 54.7 Å². The molecule has 1 N–H and O–H groups in total. The molecular weight excluding hydrogens is 396 g/mol. The summed E-state index contributed by atoms with van der Waals surface area (Å²) in [5.74, 6) is 1.23. The Kier molecular flexibility index (Phi) is 6.16. The average Bonchev–Trinajstić information content (AvgIpc) is 2.89. The van der Waals surface area contributed by atoms with E-state index in [1.165, 1.54) is 11.1 Å². The Labute approximate surface area is 162 Å². The molecule has 0 spiro atoms. The van der Waals surface area contributed by atoms with Crippen LogP contribution in [0.4, 0.5) is 0 Å². The Bertz CT molecular complexity index is 764. The first kappa shape index (κ1) is 19.1. The van der Waals surface area contributed by atoms with Crippen molar-refractivity contribution >= 4 is 21.8 Å². The largest absolute Gasteiger partial charge is 0.465 e. The number of halogens is 1. The predicted molar refractivity (Wildman–Crippen MR) is 105 cm³/mol. The van der Waals surface area contributed by atoms with Gasteiger partial charge in [-0.2, -0.15) is 0 Å². The van der Waals surface area contributed by atoms with Crippen LogP contribution < -0.4 is 5.32 Å². The summed E-state index contributed by atoms with van der Waals surface area (Å²) in [5.41, 5.74) is 3.01. The summed E-state index contributed by atoms with van der Waals surface area (Å²) in [6, 6.07) is 8.64. The second-order valence-electron chi connectivity index (χ2n) is 6.69. The van der Waals surface area contributed by atoms with E-state index in [1.807, 2.05) is 13.8 Å². The molecule has 2 aromatic rings. The van der Waals surface area contributed by atoms with Gasteiger partial charge in [0.2, 0.25) is 0 Å². The summed E-state index contributed by atoms with van der Waals surface area (Å²) in [6.07, 6.45) is 0. The summed E-state index contributed by atoms with van der Waals surface area (Å²) >= 11 is 3.46. The number of rotatable bonds is 5. The van der Waals surface area contributed by atoms with Gasteiger partial charge in [0.05, 0.1) is 29.3 Å². The lowest BCUT2D eigenvalue weighted by molar-refractivity contribution is 0.0162. The number of nitrogens with zero attached hydrogens (tertiary/aromatic N) is 1. The van der Waals surface area contributed by atoms with Crippen molar-refractivity contribution in [3.63, 3.8) is 0 Å². The second kappa shape index (κ2) is 8.37. The van der Waals surface area contributed by atoms with Gasteiger partial charge >= 0.3 is 0 Å². The lowest BCUT2D eigenvalue weighted by Crippen LogP contribution is -2.43. The van der Waals surface area contributed by atoms with E-state index in [0.717, 1.165) is 36.5 Å². The molecular formula is C20H25BrN2O3. The zero-order chi connectivity index (χ0) is 18.7. The number of aryl methyl sites for hydroxylation is 3. The van der Waals surface area contributed by atoms with Gasteiger partial charge in [-0.05, 0) is 42.3 Å². The molecule has 5 nitrogen and oxygen atoms in total. The highest BCUT2D eigenvalue weighted by Gasteiger charge is 2.25. The van der Waals surface area contributed by atoms with Crippen molar-refractivity contribution in [2.45, 2.75) is 26.8 Å². The maximum Gasteiger partial charge on any atom is 0.256 e. The van der Waals surface area contributed by atoms with Crippen LogP contribution in [0.25, 0.3) is 0 Å². The number of amides is 1. The van der Waals surface area contributed by atoms with Crippen LogP contribution in [0.1, 0.15) is 39.0 Å². The molecule has 1 unspecified atom stereocenters.